The van der Waals surface area contributed by atoms with E-state index in [0.717, 1.165) is 21.3 Å². The molecule has 3 aromatic rings. The summed E-state index contributed by atoms with van der Waals surface area (Å²) in [6, 6.07) is 13.3. The number of hydrogen-bond donors (Lipinski definition) is 1. The number of rotatable bonds is 9. The molecular formula is C22H24BrN5O3S. The first kappa shape index (κ1) is 23.8. The van der Waals surface area contributed by atoms with Crippen LogP contribution in [0, 0.1) is 0 Å². The van der Waals surface area contributed by atoms with Gasteiger partial charge in [0.05, 0.1) is 25.7 Å². The fraction of sp³-hybridized carbons (Fsp3) is 0.273. The topological polar surface area (TPSA) is 90.6 Å². The summed E-state index contributed by atoms with van der Waals surface area (Å²) < 4.78 is 13.6. The number of halogens is 1. The Morgan fingerprint density at radius 3 is 2.50 bits per heavy atom. The summed E-state index contributed by atoms with van der Waals surface area (Å²) in [5.41, 5.74) is 5.11. The number of nitrogens with zero attached hydrogens (tertiary/aromatic N) is 4. The molecular weight excluding hydrogens is 494 g/mol. The summed E-state index contributed by atoms with van der Waals surface area (Å²) in [5, 5.41) is 13.4. The predicted molar refractivity (Wildman–Crippen MR) is 129 cm³/mol. The largest absolute Gasteiger partial charge is 0.493 e. The lowest BCUT2D eigenvalue weighted by Crippen LogP contribution is -2.21. The van der Waals surface area contributed by atoms with Crippen molar-refractivity contribution in [3.8, 4) is 22.9 Å². The van der Waals surface area contributed by atoms with Crippen molar-refractivity contribution in [2.75, 3.05) is 20.0 Å². The number of ether oxygens (including phenoxy) is 2. The molecule has 0 aliphatic carbocycles. The molecule has 0 bridgehead atoms. The highest BCUT2D eigenvalue weighted by Crippen LogP contribution is 2.32. The van der Waals surface area contributed by atoms with Gasteiger partial charge in [0.15, 0.2) is 22.5 Å². The molecule has 0 aliphatic heterocycles. The Labute approximate surface area is 199 Å². The van der Waals surface area contributed by atoms with Crippen molar-refractivity contribution >= 4 is 39.3 Å². The summed E-state index contributed by atoms with van der Waals surface area (Å²) in [5.74, 6) is 1.90. The van der Waals surface area contributed by atoms with E-state index in [1.165, 1.54) is 11.8 Å². The Kier molecular flexibility index (Phi) is 8.29. The zero-order chi connectivity index (χ0) is 23.1. The highest BCUT2D eigenvalue weighted by atomic mass is 79.9. The molecule has 32 heavy (non-hydrogen) atoms. The van der Waals surface area contributed by atoms with E-state index < -0.39 is 0 Å². The van der Waals surface area contributed by atoms with E-state index in [1.807, 2.05) is 60.9 Å². The van der Waals surface area contributed by atoms with E-state index in [0.29, 0.717) is 29.0 Å². The van der Waals surface area contributed by atoms with Crippen LogP contribution >= 0.6 is 27.7 Å². The average Bonchev–Trinajstić information content (AvgIpc) is 3.24. The van der Waals surface area contributed by atoms with Crippen LogP contribution in [0.15, 0.2) is 57.2 Å². The van der Waals surface area contributed by atoms with Crippen LogP contribution in [0.4, 0.5) is 0 Å². The molecule has 3 rings (SSSR count). The molecule has 1 N–H and O–H groups in total. The van der Waals surface area contributed by atoms with Crippen LogP contribution in [0.3, 0.4) is 0 Å². The molecule has 1 heterocycles. The third kappa shape index (κ3) is 5.68. The third-order valence-corrected chi connectivity index (χ3v) is 6.11. The first-order chi connectivity index (χ1) is 15.5. The van der Waals surface area contributed by atoms with Gasteiger partial charge < -0.3 is 14.0 Å². The number of hydrazone groups is 1. The lowest BCUT2D eigenvalue weighted by molar-refractivity contribution is -0.118. The van der Waals surface area contributed by atoms with Crippen molar-refractivity contribution in [1.82, 2.24) is 20.2 Å². The maximum Gasteiger partial charge on any atom is 0.250 e. The number of nitrogens with one attached hydrogen (secondary N) is 1. The molecule has 0 fully saturated rings. The number of methoxy groups -OCH3 is 2. The molecule has 1 aromatic heterocycles. The van der Waals surface area contributed by atoms with Crippen molar-refractivity contribution in [3.05, 3.63) is 52.5 Å². The number of carbonyl (C=O) groups excluding carboxylic acids is 1. The van der Waals surface area contributed by atoms with Crippen molar-refractivity contribution in [1.29, 1.82) is 0 Å². The fourth-order valence-corrected chi connectivity index (χ4v) is 3.99. The molecule has 1 amide bonds. The minimum absolute atomic E-state index is 0.168. The third-order valence-electron chi connectivity index (χ3n) is 4.62. The van der Waals surface area contributed by atoms with E-state index >= 15 is 0 Å². The number of aromatic nitrogens is 3. The Bertz CT molecular complexity index is 1120. The minimum atomic E-state index is -0.218. The lowest BCUT2D eigenvalue weighted by atomic mass is 10.1. The molecule has 168 valence electrons. The Morgan fingerprint density at radius 1 is 1.12 bits per heavy atom. The molecule has 0 aliphatic rings. The maximum atomic E-state index is 12.3. The van der Waals surface area contributed by atoms with E-state index in [4.69, 9.17) is 9.47 Å². The van der Waals surface area contributed by atoms with Crippen LogP contribution in [-0.4, -0.2) is 46.4 Å². The standard InChI is InChI=1S/C22H24BrN5O3S/c1-5-28-21(16-8-11-18(30-3)19(12-16)31-4)26-27-22(28)32-13-20(29)25-24-14(2)15-6-9-17(23)10-7-15/h6-12H,5,13H2,1-4H3,(H,25,29). The molecule has 0 spiro atoms. The van der Waals surface area contributed by atoms with Gasteiger partial charge in [-0.3, -0.25) is 4.79 Å². The zero-order valence-electron chi connectivity index (χ0n) is 18.3. The van der Waals surface area contributed by atoms with Gasteiger partial charge in [0, 0.05) is 16.6 Å². The first-order valence-corrected chi connectivity index (χ1v) is 11.6. The monoisotopic (exact) mass is 517 g/mol. The molecule has 2 aromatic carbocycles. The second kappa shape index (κ2) is 11.1. The Morgan fingerprint density at radius 2 is 1.84 bits per heavy atom. The molecule has 0 radical (unpaired) electrons. The van der Waals surface area contributed by atoms with Gasteiger partial charge in [-0.05, 0) is 49.7 Å². The SMILES string of the molecule is CCn1c(SCC(=O)NN=C(C)c2ccc(Br)cc2)nnc1-c1ccc(OC)c(OC)c1. The smallest absolute Gasteiger partial charge is 0.250 e. The van der Waals surface area contributed by atoms with Crippen LogP contribution in [-0.2, 0) is 11.3 Å². The highest BCUT2D eigenvalue weighted by Gasteiger charge is 2.16. The van der Waals surface area contributed by atoms with Gasteiger partial charge in [0.25, 0.3) is 5.91 Å². The van der Waals surface area contributed by atoms with Gasteiger partial charge in [-0.25, -0.2) is 5.43 Å². The Balaban J connectivity index is 1.67. The first-order valence-electron chi connectivity index (χ1n) is 9.84. The molecule has 10 heteroatoms. The summed E-state index contributed by atoms with van der Waals surface area (Å²) in [6.07, 6.45) is 0. The van der Waals surface area contributed by atoms with Crippen molar-refractivity contribution in [3.63, 3.8) is 0 Å². The van der Waals surface area contributed by atoms with Gasteiger partial charge in [-0.2, -0.15) is 5.10 Å². The summed E-state index contributed by atoms with van der Waals surface area (Å²) in [4.78, 5) is 12.3. The van der Waals surface area contributed by atoms with Crippen LogP contribution in [0.2, 0.25) is 0 Å². The molecule has 0 atom stereocenters. The van der Waals surface area contributed by atoms with E-state index in [1.54, 1.807) is 14.2 Å². The minimum Gasteiger partial charge on any atom is -0.493 e. The van der Waals surface area contributed by atoms with Crippen molar-refractivity contribution < 1.29 is 14.3 Å². The summed E-state index contributed by atoms with van der Waals surface area (Å²) in [6.45, 7) is 4.50. The van der Waals surface area contributed by atoms with Crippen LogP contribution in [0.25, 0.3) is 11.4 Å². The van der Waals surface area contributed by atoms with Crippen LogP contribution in [0.5, 0.6) is 11.5 Å². The molecule has 0 saturated carbocycles. The quantitative estimate of drug-likeness (QED) is 0.257. The highest BCUT2D eigenvalue weighted by molar-refractivity contribution is 9.10. The van der Waals surface area contributed by atoms with Crippen molar-refractivity contribution in [2.24, 2.45) is 5.10 Å². The number of benzene rings is 2. The number of carbonyl (C=O) groups is 1. The number of thioether (sulfide) groups is 1. The van der Waals surface area contributed by atoms with Gasteiger partial charge in [-0.15, -0.1) is 10.2 Å². The lowest BCUT2D eigenvalue weighted by Gasteiger charge is -2.10. The predicted octanol–water partition coefficient (Wildman–Crippen LogP) is 4.38. The van der Waals surface area contributed by atoms with Crippen LogP contribution in [0.1, 0.15) is 19.4 Å². The average molecular weight is 518 g/mol. The second-order valence-electron chi connectivity index (χ2n) is 6.65. The summed E-state index contributed by atoms with van der Waals surface area (Å²) >= 11 is 4.71. The van der Waals surface area contributed by atoms with E-state index in [9.17, 15) is 4.79 Å². The van der Waals surface area contributed by atoms with Gasteiger partial charge in [0.2, 0.25) is 0 Å². The van der Waals surface area contributed by atoms with Gasteiger partial charge in [-0.1, -0.05) is 39.8 Å². The molecule has 8 nitrogen and oxygen atoms in total. The molecule has 0 saturated heterocycles. The van der Waals surface area contributed by atoms with E-state index in [2.05, 4.69) is 36.7 Å². The Hall–Kier alpha value is -2.85. The van der Waals surface area contributed by atoms with Crippen LogP contribution < -0.4 is 14.9 Å². The number of hydrogen-bond acceptors (Lipinski definition) is 7. The maximum absolute atomic E-state index is 12.3. The molecule has 0 unspecified atom stereocenters. The fourth-order valence-electron chi connectivity index (χ4n) is 2.93. The zero-order valence-corrected chi connectivity index (χ0v) is 20.7. The summed E-state index contributed by atoms with van der Waals surface area (Å²) in [7, 11) is 3.18. The van der Waals surface area contributed by atoms with Crippen molar-refractivity contribution in [2.45, 2.75) is 25.5 Å². The normalized spacial score (nSPS) is 11.3. The van der Waals surface area contributed by atoms with Gasteiger partial charge in [0.1, 0.15) is 0 Å². The van der Waals surface area contributed by atoms with E-state index in [-0.39, 0.29) is 11.7 Å². The van der Waals surface area contributed by atoms with Gasteiger partial charge >= 0.3 is 0 Å². The number of amides is 1. The second-order valence-corrected chi connectivity index (χ2v) is 8.51.